The minimum absolute atomic E-state index is 0.0423. The molecule has 2 aromatic rings. The van der Waals surface area contributed by atoms with Crippen molar-refractivity contribution in [2.75, 3.05) is 0 Å². The first-order valence-corrected chi connectivity index (χ1v) is 4.64. The van der Waals surface area contributed by atoms with E-state index in [0.717, 1.165) is 5.56 Å². The van der Waals surface area contributed by atoms with Crippen LogP contribution in [0.1, 0.15) is 21.5 Å². The lowest BCUT2D eigenvalue weighted by Crippen LogP contribution is -2.02. The lowest BCUT2D eigenvalue weighted by molar-refractivity contribution is 0.103. The van der Waals surface area contributed by atoms with Gasteiger partial charge in [0.05, 0.1) is 5.56 Å². The van der Waals surface area contributed by atoms with E-state index in [0.29, 0.717) is 11.1 Å². The van der Waals surface area contributed by atoms with Crippen LogP contribution in [0.3, 0.4) is 0 Å². The first-order chi connectivity index (χ1) is 7.27. The Kier molecular flexibility index (Phi) is 2.54. The van der Waals surface area contributed by atoms with Gasteiger partial charge < -0.3 is 0 Å². The zero-order valence-corrected chi connectivity index (χ0v) is 8.34. The van der Waals surface area contributed by atoms with E-state index in [4.69, 9.17) is 0 Å². The van der Waals surface area contributed by atoms with E-state index in [9.17, 15) is 4.79 Å². The number of benzene rings is 1. The van der Waals surface area contributed by atoms with Gasteiger partial charge in [-0.25, -0.2) is 9.97 Å². The van der Waals surface area contributed by atoms with Crippen LogP contribution in [-0.2, 0) is 0 Å². The summed E-state index contributed by atoms with van der Waals surface area (Å²) in [6, 6.07) is 7.47. The summed E-state index contributed by atoms with van der Waals surface area (Å²) in [7, 11) is 0. The van der Waals surface area contributed by atoms with Crippen molar-refractivity contribution in [1.29, 1.82) is 0 Å². The number of hydrogen-bond acceptors (Lipinski definition) is 3. The number of carbonyl (C=O) groups is 1. The van der Waals surface area contributed by atoms with Crippen LogP contribution in [-0.4, -0.2) is 15.8 Å². The maximum Gasteiger partial charge on any atom is 0.196 e. The lowest BCUT2D eigenvalue weighted by atomic mass is 10.0. The fraction of sp³-hybridized carbons (Fsp3) is 0.0833. The first-order valence-electron chi connectivity index (χ1n) is 4.64. The van der Waals surface area contributed by atoms with E-state index >= 15 is 0 Å². The number of carbonyl (C=O) groups excluding carboxylic acids is 1. The molecule has 3 heteroatoms. The van der Waals surface area contributed by atoms with Crippen LogP contribution in [0.25, 0.3) is 0 Å². The van der Waals surface area contributed by atoms with Crippen LogP contribution in [0.4, 0.5) is 0 Å². The number of aryl methyl sites for hydroxylation is 1. The zero-order valence-electron chi connectivity index (χ0n) is 8.34. The fourth-order valence-corrected chi connectivity index (χ4v) is 1.37. The summed E-state index contributed by atoms with van der Waals surface area (Å²) in [5.41, 5.74) is 2.26. The largest absolute Gasteiger partial charge is 0.288 e. The van der Waals surface area contributed by atoms with Crippen LogP contribution in [0.15, 0.2) is 43.0 Å². The molecule has 0 radical (unpaired) electrons. The van der Waals surface area contributed by atoms with Gasteiger partial charge in [-0.3, -0.25) is 4.79 Å². The third kappa shape index (κ3) is 2.07. The molecule has 0 aliphatic rings. The Bertz CT molecular complexity index is 480. The Hall–Kier alpha value is -2.03. The van der Waals surface area contributed by atoms with Gasteiger partial charge in [-0.05, 0) is 13.0 Å². The number of aromatic nitrogens is 2. The van der Waals surface area contributed by atoms with Gasteiger partial charge in [0.1, 0.15) is 6.33 Å². The van der Waals surface area contributed by atoms with E-state index in [1.165, 1.54) is 18.7 Å². The van der Waals surface area contributed by atoms with Crippen molar-refractivity contribution in [3.05, 3.63) is 59.7 Å². The van der Waals surface area contributed by atoms with Gasteiger partial charge in [0, 0.05) is 18.0 Å². The summed E-state index contributed by atoms with van der Waals surface area (Å²) in [4.78, 5) is 19.6. The number of nitrogens with zero attached hydrogens (tertiary/aromatic N) is 2. The molecule has 0 atom stereocenters. The monoisotopic (exact) mass is 198 g/mol. The van der Waals surface area contributed by atoms with Gasteiger partial charge in [0.25, 0.3) is 0 Å². The minimum atomic E-state index is -0.0423. The second-order valence-electron chi connectivity index (χ2n) is 3.33. The highest BCUT2D eigenvalue weighted by Crippen LogP contribution is 2.09. The fourth-order valence-electron chi connectivity index (χ4n) is 1.37. The molecule has 0 fully saturated rings. The Labute approximate surface area is 87.8 Å². The predicted molar refractivity (Wildman–Crippen MR) is 56.6 cm³/mol. The number of ketones is 1. The molecule has 74 valence electrons. The molecule has 2 rings (SSSR count). The second-order valence-corrected chi connectivity index (χ2v) is 3.33. The second kappa shape index (κ2) is 4.00. The molecule has 0 spiro atoms. The average molecular weight is 198 g/mol. The van der Waals surface area contributed by atoms with Crippen molar-refractivity contribution in [3.8, 4) is 0 Å². The van der Waals surface area contributed by atoms with Crippen LogP contribution in [0.5, 0.6) is 0 Å². The van der Waals surface area contributed by atoms with Crippen LogP contribution >= 0.6 is 0 Å². The highest BCUT2D eigenvalue weighted by molar-refractivity contribution is 6.08. The quantitative estimate of drug-likeness (QED) is 0.693. The standard InChI is InChI=1S/C12H10N2O/c1-9-3-2-4-10(5-9)12(15)11-6-13-8-14-7-11/h2-8H,1H3. The molecule has 0 saturated heterocycles. The Morgan fingerprint density at radius 3 is 2.53 bits per heavy atom. The summed E-state index contributed by atoms with van der Waals surface area (Å²) >= 11 is 0. The maximum atomic E-state index is 11.9. The normalized spacial score (nSPS) is 9.93. The van der Waals surface area contributed by atoms with Crippen molar-refractivity contribution in [2.45, 2.75) is 6.92 Å². The predicted octanol–water partition coefficient (Wildman–Crippen LogP) is 2.02. The number of rotatable bonds is 2. The summed E-state index contributed by atoms with van der Waals surface area (Å²) in [6.07, 6.45) is 4.46. The third-order valence-electron chi connectivity index (χ3n) is 2.10. The summed E-state index contributed by atoms with van der Waals surface area (Å²) in [5.74, 6) is -0.0423. The summed E-state index contributed by atoms with van der Waals surface area (Å²) in [6.45, 7) is 1.96. The van der Waals surface area contributed by atoms with Gasteiger partial charge in [-0.1, -0.05) is 23.8 Å². The average Bonchev–Trinajstić information content (AvgIpc) is 2.29. The van der Waals surface area contributed by atoms with E-state index in [1.807, 2.05) is 25.1 Å². The summed E-state index contributed by atoms with van der Waals surface area (Å²) in [5, 5.41) is 0. The molecule has 1 aromatic heterocycles. The van der Waals surface area contributed by atoms with E-state index < -0.39 is 0 Å². The molecule has 0 aliphatic heterocycles. The van der Waals surface area contributed by atoms with E-state index in [1.54, 1.807) is 6.07 Å². The van der Waals surface area contributed by atoms with Gasteiger partial charge in [0.2, 0.25) is 0 Å². The zero-order chi connectivity index (χ0) is 10.7. The molecule has 0 aliphatic carbocycles. The molecule has 15 heavy (non-hydrogen) atoms. The molecular formula is C12H10N2O. The third-order valence-corrected chi connectivity index (χ3v) is 2.10. The molecule has 0 N–H and O–H groups in total. The number of hydrogen-bond donors (Lipinski definition) is 0. The highest BCUT2D eigenvalue weighted by Gasteiger charge is 2.08. The van der Waals surface area contributed by atoms with Crippen LogP contribution in [0, 0.1) is 6.92 Å². The maximum absolute atomic E-state index is 11.9. The molecule has 0 saturated carbocycles. The Morgan fingerprint density at radius 1 is 1.13 bits per heavy atom. The SMILES string of the molecule is Cc1cccc(C(=O)c2cncnc2)c1. The van der Waals surface area contributed by atoms with Gasteiger partial charge in [-0.15, -0.1) is 0 Å². The summed E-state index contributed by atoms with van der Waals surface area (Å²) < 4.78 is 0. The van der Waals surface area contributed by atoms with E-state index in [2.05, 4.69) is 9.97 Å². The van der Waals surface area contributed by atoms with Gasteiger partial charge in [0.15, 0.2) is 5.78 Å². The molecule has 1 aromatic carbocycles. The van der Waals surface area contributed by atoms with Gasteiger partial charge >= 0.3 is 0 Å². The van der Waals surface area contributed by atoms with Crippen LogP contribution < -0.4 is 0 Å². The minimum Gasteiger partial charge on any atom is -0.288 e. The van der Waals surface area contributed by atoms with E-state index in [-0.39, 0.29) is 5.78 Å². The topological polar surface area (TPSA) is 42.9 Å². The first kappa shape index (κ1) is 9.52. The molecular weight excluding hydrogens is 188 g/mol. The van der Waals surface area contributed by atoms with Crippen molar-refractivity contribution in [3.63, 3.8) is 0 Å². The lowest BCUT2D eigenvalue weighted by Gasteiger charge is -2.00. The Balaban J connectivity index is 2.37. The highest BCUT2D eigenvalue weighted by atomic mass is 16.1. The van der Waals surface area contributed by atoms with Crippen molar-refractivity contribution < 1.29 is 4.79 Å². The molecule has 0 unspecified atom stereocenters. The van der Waals surface area contributed by atoms with Crippen molar-refractivity contribution in [1.82, 2.24) is 9.97 Å². The Morgan fingerprint density at radius 2 is 1.87 bits per heavy atom. The molecule has 3 nitrogen and oxygen atoms in total. The van der Waals surface area contributed by atoms with Crippen molar-refractivity contribution in [2.24, 2.45) is 0 Å². The smallest absolute Gasteiger partial charge is 0.196 e. The van der Waals surface area contributed by atoms with Crippen LogP contribution in [0.2, 0.25) is 0 Å². The van der Waals surface area contributed by atoms with Gasteiger partial charge in [-0.2, -0.15) is 0 Å². The molecule has 1 heterocycles. The molecule has 0 bridgehead atoms. The van der Waals surface area contributed by atoms with Crippen molar-refractivity contribution >= 4 is 5.78 Å². The molecule has 0 amide bonds.